The highest BCUT2D eigenvalue weighted by Crippen LogP contribution is 2.53. The number of hydrogen-bond acceptors (Lipinski definition) is 2. The number of carbonyl (C=O) groups is 1. The Labute approximate surface area is 128 Å². The minimum atomic E-state index is 0. The summed E-state index contributed by atoms with van der Waals surface area (Å²) in [6.07, 6.45) is 9.72. The summed E-state index contributed by atoms with van der Waals surface area (Å²) in [4.78, 5) is 12.1. The van der Waals surface area contributed by atoms with Crippen LogP contribution in [-0.2, 0) is 4.79 Å². The summed E-state index contributed by atoms with van der Waals surface area (Å²) in [7, 11) is 0. The Kier molecular flexibility index (Phi) is 4.28. The second-order valence-electron chi connectivity index (χ2n) is 7.60. The fourth-order valence-electron chi connectivity index (χ4n) is 5.11. The molecule has 3 nitrogen and oxygen atoms in total. The van der Waals surface area contributed by atoms with Crippen molar-refractivity contribution in [3.05, 3.63) is 0 Å². The van der Waals surface area contributed by atoms with Gasteiger partial charge in [-0.3, -0.25) is 4.79 Å². The maximum atomic E-state index is 12.1. The molecule has 0 radical (unpaired) electrons. The molecule has 0 atom stereocenters. The van der Waals surface area contributed by atoms with E-state index in [0.717, 1.165) is 36.1 Å². The fraction of sp³-hybridized carbons (Fsp3) is 0.938. The normalized spacial score (nSPS) is 41.3. The van der Waals surface area contributed by atoms with Crippen molar-refractivity contribution in [2.45, 2.75) is 51.0 Å². The third kappa shape index (κ3) is 2.99. The van der Waals surface area contributed by atoms with Gasteiger partial charge in [-0.1, -0.05) is 0 Å². The van der Waals surface area contributed by atoms with Crippen LogP contribution in [0.2, 0.25) is 0 Å². The molecule has 5 fully saturated rings. The molecule has 0 spiro atoms. The molecule has 0 heterocycles. The zero-order valence-corrected chi connectivity index (χ0v) is 13.0. The van der Waals surface area contributed by atoms with Gasteiger partial charge in [-0.2, -0.15) is 0 Å². The quantitative estimate of drug-likeness (QED) is 0.818. The molecule has 5 rings (SSSR count). The van der Waals surface area contributed by atoms with E-state index in [9.17, 15) is 4.79 Å². The summed E-state index contributed by atoms with van der Waals surface area (Å²) in [6.45, 7) is 1.56. The molecule has 5 aliphatic rings. The average Bonchev–Trinajstić information content (AvgIpc) is 3.17. The highest BCUT2D eigenvalue weighted by atomic mass is 35.5. The van der Waals surface area contributed by atoms with Crippen molar-refractivity contribution in [1.82, 2.24) is 10.6 Å². The van der Waals surface area contributed by atoms with Gasteiger partial charge in [0.05, 0.1) is 6.54 Å². The second-order valence-corrected chi connectivity index (χ2v) is 7.60. The maximum Gasteiger partial charge on any atom is 0.234 e. The maximum absolute atomic E-state index is 12.1. The zero-order valence-electron chi connectivity index (χ0n) is 12.1. The number of halogens is 1. The van der Waals surface area contributed by atoms with Crippen LogP contribution >= 0.6 is 12.4 Å². The van der Waals surface area contributed by atoms with Crippen LogP contribution < -0.4 is 10.6 Å². The largest absolute Gasteiger partial charge is 0.352 e. The molecule has 0 aromatic rings. The number of nitrogens with one attached hydrogen (secondary N) is 2. The molecule has 5 saturated carbocycles. The van der Waals surface area contributed by atoms with Gasteiger partial charge in [0, 0.05) is 6.04 Å². The summed E-state index contributed by atoms with van der Waals surface area (Å²) < 4.78 is 0. The van der Waals surface area contributed by atoms with Crippen LogP contribution in [-0.4, -0.2) is 25.0 Å². The van der Waals surface area contributed by atoms with Crippen LogP contribution in [0.3, 0.4) is 0 Å². The van der Waals surface area contributed by atoms with Gasteiger partial charge in [0.2, 0.25) is 5.91 Å². The second kappa shape index (κ2) is 5.84. The van der Waals surface area contributed by atoms with E-state index < -0.39 is 0 Å². The van der Waals surface area contributed by atoms with Crippen molar-refractivity contribution < 1.29 is 4.79 Å². The predicted octanol–water partition coefficient (Wildman–Crippen LogP) is 2.35. The Morgan fingerprint density at radius 2 is 1.55 bits per heavy atom. The molecule has 4 heteroatoms. The lowest BCUT2D eigenvalue weighted by Crippen LogP contribution is -2.56. The molecular formula is C16H27ClN2O. The molecule has 4 bridgehead atoms. The third-order valence-electron chi connectivity index (χ3n) is 5.97. The van der Waals surface area contributed by atoms with E-state index in [0.29, 0.717) is 12.6 Å². The van der Waals surface area contributed by atoms with Crippen LogP contribution in [0.25, 0.3) is 0 Å². The smallest absolute Gasteiger partial charge is 0.234 e. The van der Waals surface area contributed by atoms with Gasteiger partial charge in [-0.15, -0.1) is 12.4 Å². The van der Waals surface area contributed by atoms with Crippen LogP contribution in [0.15, 0.2) is 0 Å². The SMILES string of the molecule is Cl.O=C(CNCC1CC1)NC1C2CC3CC(C2)CC1C3. The van der Waals surface area contributed by atoms with Gasteiger partial charge in [0.15, 0.2) is 0 Å². The van der Waals surface area contributed by atoms with Crippen LogP contribution in [0.4, 0.5) is 0 Å². The summed E-state index contributed by atoms with van der Waals surface area (Å²) >= 11 is 0. The van der Waals surface area contributed by atoms with E-state index in [1.807, 2.05) is 0 Å². The molecule has 0 aliphatic heterocycles. The Morgan fingerprint density at radius 1 is 0.950 bits per heavy atom. The van der Waals surface area contributed by atoms with Gasteiger partial charge in [0.25, 0.3) is 0 Å². The van der Waals surface area contributed by atoms with E-state index >= 15 is 0 Å². The van der Waals surface area contributed by atoms with E-state index in [2.05, 4.69) is 10.6 Å². The predicted molar refractivity (Wildman–Crippen MR) is 81.8 cm³/mol. The molecule has 0 aromatic heterocycles. The Bertz CT molecular complexity index is 341. The molecule has 0 unspecified atom stereocenters. The molecule has 2 N–H and O–H groups in total. The topological polar surface area (TPSA) is 41.1 Å². The van der Waals surface area contributed by atoms with E-state index in [4.69, 9.17) is 0 Å². The summed E-state index contributed by atoms with van der Waals surface area (Å²) in [5.41, 5.74) is 0. The molecule has 0 saturated heterocycles. The average molecular weight is 299 g/mol. The lowest BCUT2D eigenvalue weighted by molar-refractivity contribution is -0.124. The first-order valence-electron chi connectivity index (χ1n) is 8.28. The molecule has 20 heavy (non-hydrogen) atoms. The first-order chi connectivity index (χ1) is 9.28. The number of hydrogen-bond donors (Lipinski definition) is 2. The monoisotopic (exact) mass is 298 g/mol. The number of amides is 1. The molecule has 5 aliphatic carbocycles. The summed E-state index contributed by atoms with van der Waals surface area (Å²) in [5, 5.41) is 6.66. The van der Waals surface area contributed by atoms with Gasteiger partial charge in [-0.05, 0) is 81.1 Å². The van der Waals surface area contributed by atoms with Crippen molar-refractivity contribution in [2.75, 3.05) is 13.1 Å². The van der Waals surface area contributed by atoms with Gasteiger partial charge in [-0.25, -0.2) is 0 Å². The Hall–Kier alpha value is -0.280. The highest BCUT2D eigenvalue weighted by Gasteiger charge is 2.48. The highest BCUT2D eigenvalue weighted by molar-refractivity contribution is 5.85. The molecular weight excluding hydrogens is 272 g/mol. The number of carbonyl (C=O) groups excluding carboxylic acids is 1. The molecule has 0 aromatic carbocycles. The zero-order chi connectivity index (χ0) is 12.8. The lowest BCUT2D eigenvalue weighted by Gasteiger charge is -2.54. The van der Waals surface area contributed by atoms with Crippen molar-refractivity contribution in [3.8, 4) is 0 Å². The third-order valence-corrected chi connectivity index (χ3v) is 5.97. The van der Waals surface area contributed by atoms with Crippen molar-refractivity contribution in [1.29, 1.82) is 0 Å². The summed E-state index contributed by atoms with van der Waals surface area (Å²) in [5.74, 6) is 4.66. The van der Waals surface area contributed by atoms with Crippen LogP contribution in [0, 0.1) is 29.6 Å². The van der Waals surface area contributed by atoms with Crippen molar-refractivity contribution in [2.24, 2.45) is 29.6 Å². The molecule has 1 amide bonds. The van der Waals surface area contributed by atoms with Gasteiger partial charge < -0.3 is 10.6 Å². The van der Waals surface area contributed by atoms with E-state index in [-0.39, 0.29) is 18.3 Å². The Morgan fingerprint density at radius 3 is 2.10 bits per heavy atom. The molecule has 114 valence electrons. The van der Waals surface area contributed by atoms with E-state index in [1.54, 1.807) is 0 Å². The lowest BCUT2D eigenvalue weighted by atomic mass is 9.54. The van der Waals surface area contributed by atoms with Crippen LogP contribution in [0.1, 0.15) is 44.9 Å². The first kappa shape index (κ1) is 14.6. The fourth-order valence-corrected chi connectivity index (χ4v) is 5.11. The van der Waals surface area contributed by atoms with Gasteiger partial charge in [0.1, 0.15) is 0 Å². The number of rotatable bonds is 5. The van der Waals surface area contributed by atoms with E-state index in [1.165, 1.54) is 44.9 Å². The van der Waals surface area contributed by atoms with Crippen molar-refractivity contribution >= 4 is 18.3 Å². The standard InChI is InChI=1S/C16H26N2O.ClH/c19-15(9-17-8-10-1-2-10)18-16-13-4-11-3-12(6-13)7-14(16)5-11;/h10-14,16-17H,1-9H2,(H,18,19);1H. The van der Waals surface area contributed by atoms with Gasteiger partial charge >= 0.3 is 0 Å². The first-order valence-corrected chi connectivity index (χ1v) is 8.28. The minimum absolute atomic E-state index is 0. The Balaban J connectivity index is 0.00000121. The van der Waals surface area contributed by atoms with Crippen molar-refractivity contribution in [3.63, 3.8) is 0 Å². The van der Waals surface area contributed by atoms with Crippen LogP contribution in [0.5, 0.6) is 0 Å². The minimum Gasteiger partial charge on any atom is -0.352 e. The summed E-state index contributed by atoms with van der Waals surface area (Å²) in [6, 6.07) is 0.503.